The topological polar surface area (TPSA) is 72.7 Å². The lowest BCUT2D eigenvalue weighted by Crippen LogP contribution is -2.45. The van der Waals surface area contributed by atoms with E-state index in [-0.39, 0.29) is 11.6 Å². The first-order valence-electron chi connectivity index (χ1n) is 3.95. The summed E-state index contributed by atoms with van der Waals surface area (Å²) in [5.74, 6) is -0.0232. The summed E-state index contributed by atoms with van der Waals surface area (Å²) < 4.78 is 0. The third kappa shape index (κ3) is 1.89. The minimum absolute atomic E-state index is 0.141. The van der Waals surface area contributed by atoms with Crippen LogP contribution in [0.3, 0.4) is 0 Å². The number of aryl methyl sites for hydroxylation is 1. The zero-order chi connectivity index (χ0) is 10.1. The van der Waals surface area contributed by atoms with E-state index in [1.807, 2.05) is 0 Å². The molecule has 13 heavy (non-hydrogen) atoms. The van der Waals surface area contributed by atoms with Gasteiger partial charge in [-0.05, 0) is 26.1 Å². The molecule has 1 N–H and O–H groups in total. The molecule has 6 heteroatoms. The van der Waals surface area contributed by atoms with Crippen LogP contribution in [0.4, 0.5) is 0 Å². The monoisotopic (exact) mass is 183 g/mol. The summed E-state index contributed by atoms with van der Waals surface area (Å²) in [7, 11) is 3.34. The van der Waals surface area contributed by atoms with Crippen molar-refractivity contribution in [3.05, 3.63) is 5.82 Å². The molecule has 0 fully saturated rings. The average Bonchev–Trinajstić information content (AvgIpc) is 2.50. The summed E-state index contributed by atoms with van der Waals surface area (Å²) in [5.41, 5.74) is -0.650. The molecule has 1 heterocycles. The molecule has 72 valence electrons. The van der Waals surface area contributed by atoms with Crippen LogP contribution in [-0.4, -0.2) is 38.6 Å². The van der Waals surface area contributed by atoms with Gasteiger partial charge in [0.15, 0.2) is 0 Å². The minimum atomic E-state index is -0.650. The fourth-order valence-electron chi connectivity index (χ4n) is 0.768. The molecule has 0 atom stereocenters. The standard InChI is InChI=1S/C7H13N5O/c1-7(2,8-3)5(13)6-9-11-12(4)10-6/h8H,1-4H3. The Kier molecular flexibility index (Phi) is 2.42. The fourth-order valence-corrected chi connectivity index (χ4v) is 0.768. The van der Waals surface area contributed by atoms with Crippen molar-refractivity contribution < 1.29 is 4.79 Å². The third-order valence-electron chi connectivity index (χ3n) is 1.90. The summed E-state index contributed by atoms with van der Waals surface area (Å²) in [6, 6.07) is 0. The van der Waals surface area contributed by atoms with Crippen LogP contribution in [0.1, 0.15) is 24.5 Å². The van der Waals surface area contributed by atoms with E-state index in [0.717, 1.165) is 0 Å². The number of carbonyl (C=O) groups excluding carboxylic acids is 1. The Morgan fingerprint density at radius 2 is 2.15 bits per heavy atom. The predicted octanol–water partition coefficient (Wildman–Crippen LogP) is -0.609. The van der Waals surface area contributed by atoms with Gasteiger partial charge in [0.05, 0.1) is 12.6 Å². The molecule has 6 nitrogen and oxygen atoms in total. The van der Waals surface area contributed by atoms with E-state index in [1.165, 1.54) is 4.80 Å². The van der Waals surface area contributed by atoms with Crippen LogP contribution in [-0.2, 0) is 7.05 Å². The number of likely N-dealkylation sites (N-methyl/N-ethyl adjacent to an activating group) is 1. The van der Waals surface area contributed by atoms with Gasteiger partial charge in [0.2, 0.25) is 11.6 Å². The smallest absolute Gasteiger partial charge is 0.242 e. The second-order valence-electron chi connectivity index (χ2n) is 3.31. The molecule has 0 aromatic carbocycles. The molecule has 0 aliphatic heterocycles. The summed E-state index contributed by atoms with van der Waals surface area (Å²) in [6.07, 6.45) is 0. The Hall–Kier alpha value is -1.30. The van der Waals surface area contributed by atoms with E-state index < -0.39 is 5.54 Å². The molecule has 0 radical (unpaired) electrons. The molecule has 0 unspecified atom stereocenters. The molecule has 1 aromatic rings. The number of nitrogens with one attached hydrogen (secondary N) is 1. The van der Waals surface area contributed by atoms with Crippen LogP contribution in [0.2, 0.25) is 0 Å². The maximum atomic E-state index is 11.7. The molecular formula is C7H13N5O. The molecule has 0 spiro atoms. The van der Waals surface area contributed by atoms with Crippen molar-refractivity contribution in [3.8, 4) is 0 Å². The van der Waals surface area contributed by atoms with Gasteiger partial charge < -0.3 is 5.32 Å². The Bertz CT molecular complexity index is 316. The zero-order valence-corrected chi connectivity index (χ0v) is 8.20. The number of rotatable bonds is 3. The first kappa shape index (κ1) is 9.79. The largest absolute Gasteiger partial charge is 0.308 e. The van der Waals surface area contributed by atoms with Gasteiger partial charge in [0.1, 0.15) is 0 Å². The van der Waals surface area contributed by atoms with Crippen molar-refractivity contribution in [3.63, 3.8) is 0 Å². The van der Waals surface area contributed by atoms with E-state index >= 15 is 0 Å². The van der Waals surface area contributed by atoms with E-state index in [9.17, 15) is 4.79 Å². The molecule has 0 saturated carbocycles. The number of nitrogens with zero attached hydrogens (tertiary/aromatic N) is 4. The number of hydrogen-bond acceptors (Lipinski definition) is 5. The highest BCUT2D eigenvalue weighted by atomic mass is 16.1. The quantitative estimate of drug-likeness (QED) is 0.633. The minimum Gasteiger partial charge on any atom is -0.308 e. The SMILES string of the molecule is CNC(C)(C)C(=O)c1nnn(C)n1. The molecular weight excluding hydrogens is 170 g/mol. The van der Waals surface area contributed by atoms with Gasteiger partial charge >= 0.3 is 0 Å². The average molecular weight is 183 g/mol. The number of ketones is 1. The normalized spacial score (nSPS) is 11.7. The van der Waals surface area contributed by atoms with Crippen LogP contribution in [0.25, 0.3) is 0 Å². The molecule has 0 aliphatic carbocycles. The number of hydrogen-bond donors (Lipinski definition) is 1. The second-order valence-corrected chi connectivity index (χ2v) is 3.31. The lowest BCUT2D eigenvalue weighted by Gasteiger charge is -2.19. The Balaban J connectivity index is 2.91. The van der Waals surface area contributed by atoms with Crippen molar-refractivity contribution >= 4 is 5.78 Å². The van der Waals surface area contributed by atoms with E-state index in [2.05, 4.69) is 20.7 Å². The molecule has 1 rings (SSSR count). The highest BCUT2D eigenvalue weighted by molar-refractivity contribution is 5.99. The van der Waals surface area contributed by atoms with Crippen LogP contribution in [0, 0.1) is 0 Å². The van der Waals surface area contributed by atoms with Gasteiger partial charge in [-0.15, -0.1) is 10.2 Å². The lowest BCUT2D eigenvalue weighted by molar-refractivity contribution is 0.0878. The van der Waals surface area contributed by atoms with Crippen LogP contribution >= 0.6 is 0 Å². The van der Waals surface area contributed by atoms with Crippen molar-refractivity contribution in [2.45, 2.75) is 19.4 Å². The van der Waals surface area contributed by atoms with Crippen molar-refractivity contribution in [1.29, 1.82) is 0 Å². The van der Waals surface area contributed by atoms with Gasteiger partial charge in [-0.2, -0.15) is 4.80 Å². The van der Waals surface area contributed by atoms with Crippen LogP contribution in [0.5, 0.6) is 0 Å². The second kappa shape index (κ2) is 3.21. The van der Waals surface area contributed by atoms with Crippen molar-refractivity contribution in [1.82, 2.24) is 25.5 Å². The molecule has 0 bridgehead atoms. The summed E-state index contributed by atoms with van der Waals surface area (Å²) in [5, 5.41) is 13.9. The Morgan fingerprint density at radius 1 is 1.54 bits per heavy atom. The first-order valence-corrected chi connectivity index (χ1v) is 3.95. The molecule has 0 saturated heterocycles. The van der Waals surface area contributed by atoms with Crippen LogP contribution in [0.15, 0.2) is 0 Å². The fraction of sp³-hybridized carbons (Fsp3) is 0.714. The van der Waals surface area contributed by atoms with Gasteiger partial charge in [-0.1, -0.05) is 0 Å². The highest BCUT2D eigenvalue weighted by Gasteiger charge is 2.29. The van der Waals surface area contributed by atoms with E-state index in [0.29, 0.717) is 0 Å². The van der Waals surface area contributed by atoms with E-state index in [4.69, 9.17) is 0 Å². The zero-order valence-electron chi connectivity index (χ0n) is 8.20. The molecule has 0 amide bonds. The van der Waals surface area contributed by atoms with Gasteiger partial charge in [-0.3, -0.25) is 4.79 Å². The summed E-state index contributed by atoms with van der Waals surface area (Å²) in [6.45, 7) is 3.54. The van der Waals surface area contributed by atoms with Gasteiger partial charge in [-0.25, -0.2) is 0 Å². The number of Topliss-reactive ketones (excluding diaryl/α,β-unsaturated/α-hetero) is 1. The third-order valence-corrected chi connectivity index (χ3v) is 1.90. The Morgan fingerprint density at radius 3 is 2.54 bits per heavy atom. The maximum Gasteiger partial charge on any atom is 0.242 e. The summed E-state index contributed by atoms with van der Waals surface area (Å²) in [4.78, 5) is 12.9. The molecule has 0 aliphatic rings. The van der Waals surface area contributed by atoms with Crippen LogP contribution < -0.4 is 5.32 Å². The van der Waals surface area contributed by atoms with Crippen molar-refractivity contribution in [2.24, 2.45) is 7.05 Å². The van der Waals surface area contributed by atoms with Gasteiger partial charge in [0.25, 0.3) is 0 Å². The van der Waals surface area contributed by atoms with Gasteiger partial charge in [0, 0.05) is 0 Å². The van der Waals surface area contributed by atoms with Crippen molar-refractivity contribution in [2.75, 3.05) is 7.05 Å². The number of tetrazole rings is 1. The maximum absolute atomic E-state index is 11.7. The molecule has 1 aromatic heterocycles. The highest BCUT2D eigenvalue weighted by Crippen LogP contribution is 2.07. The predicted molar refractivity (Wildman–Crippen MR) is 46.3 cm³/mol. The lowest BCUT2D eigenvalue weighted by atomic mass is 9.99. The summed E-state index contributed by atoms with van der Waals surface area (Å²) >= 11 is 0. The Labute approximate surface area is 76.3 Å². The first-order chi connectivity index (χ1) is 5.97. The number of aromatic nitrogens is 4. The van der Waals surface area contributed by atoms with E-state index in [1.54, 1.807) is 27.9 Å². The number of carbonyl (C=O) groups is 1.